The SMILES string of the molecule is CC(C)CCN(CC(C)(C(N)=O)C(CC(C)C)(C(=O)O)N(C)C)c1ccc(OCc2ccccc2)cc1. The predicted octanol–water partition coefficient (Wildman–Crippen LogP) is 5.04. The quantitative estimate of drug-likeness (QED) is 0.348. The number of hydrogen-bond donors (Lipinski definition) is 2. The first-order valence-electron chi connectivity index (χ1n) is 13.1. The molecule has 2 unspecified atom stereocenters. The molecule has 37 heavy (non-hydrogen) atoms. The van der Waals surface area contributed by atoms with E-state index in [1.807, 2.05) is 68.4 Å². The fraction of sp³-hybridized carbons (Fsp3) is 0.533. The Balaban J connectivity index is 2.43. The van der Waals surface area contributed by atoms with E-state index in [9.17, 15) is 14.7 Å². The van der Waals surface area contributed by atoms with Crippen LogP contribution in [0.25, 0.3) is 0 Å². The molecule has 2 rings (SSSR count). The summed E-state index contributed by atoms with van der Waals surface area (Å²) in [4.78, 5) is 29.8. The van der Waals surface area contributed by atoms with E-state index in [2.05, 4.69) is 18.7 Å². The van der Waals surface area contributed by atoms with E-state index < -0.39 is 22.8 Å². The van der Waals surface area contributed by atoms with E-state index in [4.69, 9.17) is 10.5 Å². The summed E-state index contributed by atoms with van der Waals surface area (Å²) in [5, 5.41) is 10.5. The molecular formula is C30H45N3O4. The van der Waals surface area contributed by atoms with Crippen LogP contribution in [0.1, 0.15) is 53.0 Å². The molecule has 0 aliphatic heterocycles. The maximum atomic E-state index is 13.1. The minimum Gasteiger partial charge on any atom is -0.489 e. The van der Waals surface area contributed by atoms with Gasteiger partial charge in [-0.3, -0.25) is 14.5 Å². The third kappa shape index (κ3) is 7.25. The summed E-state index contributed by atoms with van der Waals surface area (Å²) in [7, 11) is 3.43. The number of carboxylic acid groups (broad SMARTS) is 1. The summed E-state index contributed by atoms with van der Waals surface area (Å²) < 4.78 is 5.95. The number of rotatable bonds is 15. The van der Waals surface area contributed by atoms with Crippen LogP contribution < -0.4 is 15.4 Å². The number of ether oxygens (including phenoxy) is 1. The molecule has 0 heterocycles. The first-order valence-corrected chi connectivity index (χ1v) is 13.1. The Morgan fingerprint density at radius 2 is 1.57 bits per heavy atom. The topological polar surface area (TPSA) is 96.1 Å². The highest BCUT2D eigenvalue weighted by Crippen LogP contribution is 2.42. The lowest BCUT2D eigenvalue weighted by molar-refractivity contribution is -0.166. The molecule has 0 aliphatic rings. The van der Waals surface area contributed by atoms with Gasteiger partial charge in [-0.2, -0.15) is 0 Å². The number of carbonyl (C=O) groups excluding carboxylic acids is 1. The van der Waals surface area contributed by atoms with Gasteiger partial charge >= 0.3 is 5.97 Å². The van der Waals surface area contributed by atoms with Crippen molar-refractivity contribution < 1.29 is 19.4 Å². The van der Waals surface area contributed by atoms with Crippen molar-refractivity contribution in [3.8, 4) is 5.75 Å². The number of carboxylic acids is 1. The molecule has 7 nitrogen and oxygen atoms in total. The van der Waals surface area contributed by atoms with Crippen LogP contribution in [-0.4, -0.2) is 54.6 Å². The van der Waals surface area contributed by atoms with Crippen molar-refractivity contribution in [1.29, 1.82) is 0 Å². The predicted molar refractivity (Wildman–Crippen MR) is 150 cm³/mol. The highest BCUT2D eigenvalue weighted by Gasteiger charge is 2.60. The zero-order valence-corrected chi connectivity index (χ0v) is 23.5. The average Bonchev–Trinajstić information content (AvgIpc) is 2.83. The maximum Gasteiger partial charge on any atom is 0.325 e. The monoisotopic (exact) mass is 511 g/mol. The second-order valence-corrected chi connectivity index (χ2v) is 11.2. The van der Waals surface area contributed by atoms with Crippen LogP contribution in [0.4, 0.5) is 5.69 Å². The van der Waals surface area contributed by atoms with Gasteiger partial charge in [-0.15, -0.1) is 0 Å². The molecule has 2 aromatic rings. The number of aliphatic carboxylic acids is 1. The number of anilines is 1. The normalized spacial score (nSPS) is 14.9. The van der Waals surface area contributed by atoms with Crippen LogP contribution in [0.2, 0.25) is 0 Å². The first-order chi connectivity index (χ1) is 17.3. The fourth-order valence-electron chi connectivity index (χ4n) is 5.01. The standard InChI is InChI=1S/C30H45N3O4/c1-22(2)17-18-33(25-13-15-26(16-14-25)37-20-24-11-9-8-10-12-24)21-29(5,27(31)34)30(28(35)36,32(6)7)19-23(3)4/h8-16,22-23H,17-21H2,1-7H3,(H2,31,34)(H,35,36). The third-order valence-corrected chi connectivity index (χ3v) is 7.21. The molecule has 0 spiro atoms. The van der Waals surface area contributed by atoms with E-state index in [0.717, 1.165) is 23.4 Å². The molecular weight excluding hydrogens is 466 g/mol. The van der Waals surface area contributed by atoms with Gasteiger partial charge in [-0.05, 0) is 75.5 Å². The molecule has 3 N–H and O–H groups in total. The number of amides is 1. The fourth-order valence-corrected chi connectivity index (χ4v) is 5.01. The van der Waals surface area contributed by atoms with E-state index in [0.29, 0.717) is 25.5 Å². The number of nitrogens with zero attached hydrogens (tertiary/aromatic N) is 2. The van der Waals surface area contributed by atoms with Crippen molar-refractivity contribution in [1.82, 2.24) is 4.90 Å². The van der Waals surface area contributed by atoms with Crippen LogP contribution in [0.5, 0.6) is 5.75 Å². The van der Waals surface area contributed by atoms with Gasteiger partial charge in [0.25, 0.3) is 0 Å². The van der Waals surface area contributed by atoms with Crippen molar-refractivity contribution >= 4 is 17.6 Å². The highest BCUT2D eigenvalue weighted by atomic mass is 16.5. The Bertz CT molecular complexity index is 1010. The number of benzene rings is 2. The molecule has 7 heteroatoms. The molecule has 1 amide bonds. The average molecular weight is 512 g/mol. The van der Waals surface area contributed by atoms with E-state index in [1.54, 1.807) is 25.9 Å². The molecule has 0 aliphatic carbocycles. The molecule has 0 aromatic heterocycles. The molecule has 0 saturated carbocycles. The lowest BCUT2D eigenvalue weighted by Gasteiger charge is -2.50. The number of likely N-dealkylation sites (N-methyl/N-ethyl adjacent to an activating group) is 1. The summed E-state index contributed by atoms with van der Waals surface area (Å²) in [6.45, 7) is 11.2. The maximum absolute atomic E-state index is 13.1. The summed E-state index contributed by atoms with van der Waals surface area (Å²) in [6.07, 6.45) is 1.17. The Kier molecular flexibility index (Phi) is 10.6. The molecule has 0 fully saturated rings. The van der Waals surface area contributed by atoms with Gasteiger partial charge in [0.1, 0.15) is 17.9 Å². The lowest BCUT2D eigenvalue weighted by atomic mass is 9.65. The largest absolute Gasteiger partial charge is 0.489 e. The van der Waals surface area contributed by atoms with Crippen molar-refractivity contribution in [2.45, 2.75) is 59.6 Å². The van der Waals surface area contributed by atoms with E-state index >= 15 is 0 Å². The summed E-state index contributed by atoms with van der Waals surface area (Å²) in [6, 6.07) is 17.7. The van der Waals surface area contributed by atoms with Gasteiger partial charge in [0.15, 0.2) is 0 Å². The zero-order valence-electron chi connectivity index (χ0n) is 23.5. The summed E-state index contributed by atoms with van der Waals surface area (Å²) in [5.41, 5.74) is 5.17. The Morgan fingerprint density at radius 3 is 2.03 bits per heavy atom. The Hall–Kier alpha value is -3.06. The third-order valence-electron chi connectivity index (χ3n) is 7.21. The number of carbonyl (C=O) groups is 2. The minimum absolute atomic E-state index is 0.0438. The molecule has 0 bridgehead atoms. The van der Waals surface area contributed by atoms with Crippen molar-refractivity contribution in [2.75, 3.05) is 32.1 Å². The summed E-state index contributed by atoms with van der Waals surface area (Å²) in [5.74, 6) is -0.448. The summed E-state index contributed by atoms with van der Waals surface area (Å²) >= 11 is 0. The molecule has 2 atom stereocenters. The van der Waals surface area contributed by atoms with Crippen molar-refractivity contribution in [2.24, 2.45) is 23.0 Å². The Morgan fingerprint density at radius 1 is 0.973 bits per heavy atom. The minimum atomic E-state index is -1.47. The second-order valence-electron chi connectivity index (χ2n) is 11.2. The smallest absolute Gasteiger partial charge is 0.325 e. The molecule has 204 valence electrons. The highest BCUT2D eigenvalue weighted by molar-refractivity contribution is 5.93. The zero-order chi connectivity index (χ0) is 27.8. The van der Waals surface area contributed by atoms with Gasteiger partial charge in [0, 0.05) is 18.8 Å². The van der Waals surface area contributed by atoms with Gasteiger partial charge < -0.3 is 20.5 Å². The van der Waals surface area contributed by atoms with Crippen molar-refractivity contribution in [3.05, 3.63) is 60.2 Å². The van der Waals surface area contributed by atoms with Crippen LogP contribution in [0, 0.1) is 17.3 Å². The van der Waals surface area contributed by atoms with Gasteiger partial charge in [-0.25, -0.2) is 0 Å². The van der Waals surface area contributed by atoms with E-state index in [-0.39, 0.29) is 12.5 Å². The van der Waals surface area contributed by atoms with Gasteiger partial charge in [-0.1, -0.05) is 58.0 Å². The Labute approximate surface area is 222 Å². The van der Waals surface area contributed by atoms with E-state index in [1.165, 1.54) is 0 Å². The van der Waals surface area contributed by atoms with Crippen LogP contribution in [0.15, 0.2) is 54.6 Å². The molecule has 2 aromatic carbocycles. The number of nitrogens with two attached hydrogens (primary N) is 1. The molecule has 0 saturated heterocycles. The van der Waals surface area contributed by atoms with Gasteiger partial charge in [0.05, 0.1) is 5.41 Å². The molecule has 0 radical (unpaired) electrons. The number of hydrogen-bond acceptors (Lipinski definition) is 5. The van der Waals surface area contributed by atoms with Crippen molar-refractivity contribution in [3.63, 3.8) is 0 Å². The van der Waals surface area contributed by atoms with Gasteiger partial charge in [0.2, 0.25) is 5.91 Å². The lowest BCUT2D eigenvalue weighted by Crippen LogP contribution is -2.69. The van der Waals surface area contributed by atoms with Crippen LogP contribution in [-0.2, 0) is 16.2 Å². The second kappa shape index (κ2) is 13.0. The first kappa shape index (κ1) is 30.2. The van der Waals surface area contributed by atoms with Crippen LogP contribution >= 0.6 is 0 Å². The number of primary amides is 1. The van der Waals surface area contributed by atoms with Crippen LogP contribution in [0.3, 0.4) is 0 Å².